The van der Waals surface area contributed by atoms with E-state index in [1.54, 1.807) is 6.07 Å². The first-order valence-electron chi connectivity index (χ1n) is 6.58. The van der Waals surface area contributed by atoms with E-state index in [0.29, 0.717) is 10.7 Å². The van der Waals surface area contributed by atoms with E-state index in [1.165, 1.54) is 11.8 Å². The van der Waals surface area contributed by atoms with Gasteiger partial charge in [0.15, 0.2) is 5.16 Å². The summed E-state index contributed by atoms with van der Waals surface area (Å²) in [6, 6.07) is 11.5. The molecule has 1 N–H and O–H groups in total. The van der Waals surface area contributed by atoms with Crippen molar-refractivity contribution in [2.75, 3.05) is 30.1 Å². The second-order valence-corrected chi connectivity index (χ2v) is 5.12. The molecule has 1 aromatic carbocycles. The minimum absolute atomic E-state index is 0.630. The van der Waals surface area contributed by atoms with Crippen LogP contribution in [0.3, 0.4) is 0 Å². The third-order valence-corrected chi connectivity index (χ3v) is 3.49. The van der Waals surface area contributed by atoms with Gasteiger partial charge in [-0.2, -0.15) is 5.26 Å². The van der Waals surface area contributed by atoms with Gasteiger partial charge in [-0.25, -0.2) is 9.97 Å². The molecular weight excluding hydrogens is 282 g/mol. The Morgan fingerprint density at radius 3 is 2.81 bits per heavy atom. The summed E-state index contributed by atoms with van der Waals surface area (Å²) in [5.74, 6) is 1.59. The predicted octanol–water partition coefficient (Wildman–Crippen LogP) is 3.27. The van der Waals surface area contributed by atoms with Gasteiger partial charge in [-0.05, 0) is 31.4 Å². The lowest BCUT2D eigenvalue weighted by Gasteiger charge is -2.19. The molecule has 0 fully saturated rings. The van der Waals surface area contributed by atoms with Crippen molar-refractivity contribution in [2.45, 2.75) is 12.1 Å². The summed E-state index contributed by atoms with van der Waals surface area (Å²) in [6.07, 6.45) is 1.95. The molecule has 1 aromatic heterocycles. The third kappa shape index (κ3) is 3.64. The molecule has 0 saturated heterocycles. The maximum atomic E-state index is 9.00. The molecule has 1 heterocycles. The van der Waals surface area contributed by atoms with Crippen molar-refractivity contribution in [1.82, 2.24) is 9.97 Å². The maximum absolute atomic E-state index is 9.00. The van der Waals surface area contributed by atoms with E-state index in [0.717, 1.165) is 23.9 Å². The van der Waals surface area contributed by atoms with Gasteiger partial charge in [-0.3, -0.25) is 0 Å². The van der Waals surface area contributed by atoms with Crippen LogP contribution in [-0.4, -0.2) is 29.8 Å². The lowest BCUT2D eigenvalue weighted by Crippen LogP contribution is -2.13. The van der Waals surface area contributed by atoms with Gasteiger partial charge in [0.05, 0.1) is 11.6 Å². The summed E-state index contributed by atoms with van der Waals surface area (Å²) in [4.78, 5) is 10.9. The second-order valence-electron chi connectivity index (χ2n) is 4.35. The molecule has 0 radical (unpaired) electrons. The Bertz CT molecular complexity index is 665. The van der Waals surface area contributed by atoms with Crippen LogP contribution in [0.2, 0.25) is 0 Å². The van der Waals surface area contributed by atoms with Gasteiger partial charge in [-0.1, -0.05) is 17.8 Å². The monoisotopic (exact) mass is 299 g/mol. The highest BCUT2D eigenvalue weighted by Crippen LogP contribution is 2.26. The predicted molar refractivity (Wildman–Crippen MR) is 87.2 cm³/mol. The van der Waals surface area contributed by atoms with Crippen LogP contribution in [0.5, 0.6) is 0 Å². The Labute approximate surface area is 129 Å². The molecule has 0 amide bonds. The highest BCUT2D eigenvalue weighted by atomic mass is 32.2. The van der Waals surface area contributed by atoms with E-state index < -0.39 is 0 Å². The van der Waals surface area contributed by atoms with Gasteiger partial charge >= 0.3 is 0 Å². The van der Waals surface area contributed by atoms with Gasteiger partial charge in [0, 0.05) is 25.3 Å². The normalized spacial score (nSPS) is 10.0. The number of nitrogens with zero attached hydrogens (tertiary/aromatic N) is 4. The zero-order chi connectivity index (χ0) is 15.2. The Morgan fingerprint density at radius 2 is 2.14 bits per heavy atom. The zero-order valence-electron chi connectivity index (χ0n) is 12.3. The molecule has 0 atom stereocenters. The number of rotatable bonds is 5. The number of anilines is 3. The van der Waals surface area contributed by atoms with Gasteiger partial charge in [0.2, 0.25) is 0 Å². The first kappa shape index (κ1) is 15.1. The Hall–Kier alpha value is -2.26. The quantitative estimate of drug-likeness (QED) is 0.675. The van der Waals surface area contributed by atoms with E-state index in [1.807, 2.05) is 49.4 Å². The number of nitrogens with one attached hydrogen (secondary N) is 1. The third-order valence-electron chi connectivity index (χ3n) is 2.94. The van der Waals surface area contributed by atoms with Crippen molar-refractivity contribution in [3.8, 4) is 6.07 Å². The lowest BCUT2D eigenvalue weighted by atomic mass is 10.2. The van der Waals surface area contributed by atoms with Crippen molar-refractivity contribution < 1.29 is 0 Å². The number of benzene rings is 1. The molecule has 0 aliphatic heterocycles. The fourth-order valence-corrected chi connectivity index (χ4v) is 2.24. The highest BCUT2D eigenvalue weighted by Gasteiger charge is 2.10. The van der Waals surface area contributed by atoms with Gasteiger partial charge in [-0.15, -0.1) is 0 Å². The average molecular weight is 299 g/mol. The minimum Gasteiger partial charge on any atom is -0.370 e. The molecule has 0 spiro atoms. The number of nitriles is 1. The van der Waals surface area contributed by atoms with Crippen LogP contribution in [0, 0.1) is 11.3 Å². The topological polar surface area (TPSA) is 64.8 Å². The SMILES string of the molecule is CCNc1cc(N(C)c2cccc(C#N)c2)nc(SC)n1. The molecule has 108 valence electrons. The lowest BCUT2D eigenvalue weighted by molar-refractivity contribution is 0.940. The summed E-state index contributed by atoms with van der Waals surface area (Å²) in [5.41, 5.74) is 1.55. The smallest absolute Gasteiger partial charge is 0.191 e. The summed E-state index contributed by atoms with van der Waals surface area (Å²) in [7, 11) is 1.93. The molecule has 2 rings (SSSR count). The molecule has 6 heteroatoms. The molecule has 0 aliphatic carbocycles. The van der Waals surface area contributed by atoms with Crippen LogP contribution in [0.1, 0.15) is 12.5 Å². The van der Waals surface area contributed by atoms with Crippen LogP contribution >= 0.6 is 11.8 Å². The maximum Gasteiger partial charge on any atom is 0.191 e. The number of aromatic nitrogens is 2. The van der Waals surface area contributed by atoms with Gasteiger partial charge < -0.3 is 10.2 Å². The summed E-state index contributed by atoms with van der Waals surface area (Å²) < 4.78 is 0. The molecule has 0 bridgehead atoms. The van der Waals surface area contributed by atoms with E-state index >= 15 is 0 Å². The molecule has 5 nitrogen and oxygen atoms in total. The molecule has 21 heavy (non-hydrogen) atoms. The molecule has 0 aliphatic rings. The van der Waals surface area contributed by atoms with Gasteiger partial charge in [0.1, 0.15) is 11.6 Å². The molecule has 0 saturated carbocycles. The average Bonchev–Trinajstić information content (AvgIpc) is 2.54. The fraction of sp³-hybridized carbons (Fsp3) is 0.267. The van der Waals surface area contributed by atoms with E-state index in [4.69, 9.17) is 5.26 Å². The van der Waals surface area contributed by atoms with Crippen LogP contribution in [0.25, 0.3) is 0 Å². The minimum atomic E-state index is 0.630. The van der Waals surface area contributed by atoms with Crippen molar-refractivity contribution in [3.05, 3.63) is 35.9 Å². The van der Waals surface area contributed by atoms with Crippen LogP contribution < -0.4 is 10.2 Å². The molecular formula is C15H17N5S. The highest BCUT2D eigenvalue weighted by molar-refractivity contribution is 7.98. The summed E-state index contributed by atoms with van der Waals surface area (Å²) >= 11 is 1.50. The Morgan fingerprint density at radius 1 is 1.33 bits per heavy atom. The van der Waals surface area contributed by atoms with E-state index in [9.17, 15) is 0 Å². The van der Waals surface area contributed by atoms with Crippen LogP contribution in [0.4, 0.5) is 17.3 Å². The fourth-order valence-electron chi connectivity index (χ4n) is 1.86. The second kappa shape index (κ2) is 6.95. The van der Waals surface area contributed by atoms with Crippen LogP contribution in [-0.2, 0) is 0 Å². The van der Waals surface area contributed by atoms with E-state index in [-0.39, 0.29) is 0 Å². The number of hydrogen-bond acceptors (Lipinski definition) is 6. The van der Waals surface area contributed by atoms with Gasteiger partial charge in [0.25, 0.3) is 0 Å². The number of thioether (sulfide) groups is 1. The first-order chi connectivity index (χ1) is 10.2. The van der Waals surface area contributed by atoms with E-state index in [2.05, 4.69) is 21.4 Å². The molecule has 0 unspecified atom stereocenters. The molecule has 2 aromatic rings. The van der Waals surface area contributed by atoms with Crippen LogP contribution in [0.15, 0.2) is 35.5 Å². The Kier molecular flexibility index (Phi) is 5.01. The summed E-state index contributed by atoms with van der Waals surface area (Å²) in [6.45, 7) is 2.83. The van der Waals surface area contributed by atoms with Crippen molar-refractivity contribution in [1.29, 1.82) is 5.26 Å². The first-order valence-corrected chi connectivity index (χ1v) is 7.81. The largest absolute Gasteiger partial charge is 0.370 e. The van der Waals surface area contributed by atoms with Crippen molar-refractivity contribution in [3.63, 3.8) is 0 Å². The zero-order valence-corrected chi connectivity index (χ0v) is 13.1. The standard InChI is InChI=1S/C15H17N5S/c1-4-17-13-9-14(19-15(18-13)21-3)20(2)12-7-5-6-11(8-12)10-16/h5-9H,4H2,1-3H3,(H,17,18,19). The Balaban J connectivity index is 2.39. The van der Waals surface area contributed by atoms with Crippen molar-refractivity contribution in [2.24, 2.45) is 0 Å². The summed E-state index contributed by atoms with van der Waals surface area (Å²) in [5, 5.41) is 12.9. The van der Waals surface area contributed by atoms with Crippen molar-refractivity contribution >= 4 is 29.1 Å². The number of hydrogen-bond donors (Lipinski definition) is 1.